The summed E-state index contributed by atoms with van der Waals surface area (Å²) in [5.74, 6) is -0.866. The molecule has 3 saturated heterocycles. The average molecular weight is 1200 g/mol. The number of likely N-dealkylation sites (tertiary alicyclic amines) is 2. The molecule has 22 nitrogen and oxygen atoms in total. The summed E-state index contributed by atoms with van der Waals surface area (Å²) in [4.78, 5) is 75.0. The lowest BCUT2D eigenvalue weighted by atomic mass is 9.86. The minimum Gasteiger partial charge on any atom is -0.496 e. The monoisotopic (exact) mass is 1190 g/mol. The number of ether oxygens (including phenoxy) is 10. The van der Waals surface area contributed by atoms with Crippen LogP contribution in [0.15, 0.2) is 54.6 Å². The number of hydrogen-bond donors (Lipinski definition) is 2. The molecular weight excluding hydrogens is 1120 g/mol. The number of morpholine rings is 1. The van der Waals surface area contributed by atoms with Crippen molar-refractivity contribution in [1.82, 2.24) is 29.8 Å². The molecule has 83 heavy (non-hydrogen) atoms. The van der Waals surface area contributed by atoms with Crippen molar-refractivity contribution in [2.45, 2.75) is 89.6 Å². The van der Waals surface area contributed by atoms with Gasteiger partial charge in [-0.05, 0) is 89.4 Å². The fourth-order valence-corrected chi connectivity index (χ4v) is 10.9. The van der Waals surface area contributed by atoms with E-state index in [0.717, 1.165) is 6.42 Å². The maximum atomic E-state index is 14.5. The fourth-order valence-electron chi connectivity index (χ4n) is 10.4. The summed E-state index contributed by atoms with van der Waals surface area (Å²) >= 11 is 13.1. The van der Waals surface area contributed by atoms with Crippen molar-refractivity contribution in [1.29, 1.82) is 0 Å². The van der Waals surface area contributed by atoms with E-state index in [1.807, 2.05) is 46.8 Å². The minimum absolute atomic E-state index is 0.0280. The fraction of sp³-hybridized carbons (Fsp3) is 0.559. The lowest BCUT2D eigenvalue weighted by Gasteiger charge is -2.52. The third-order valence-corrected chi connectivity index (χ3v) is 14.9. The number of carbonyl (C=O) groups is 5. The summed E-state index contributed by atoms with van der Waals surface area (Å²) in [5, 5.41) is 11.4. The highest BCUT2D eigenvalue weighted by molar-refractivity contribution is 6.34. The predicted molar refractivity (Wildman–Crippen MR) is 309 cm³/mol. The van der Waals surface area contributed by atoms with Gasteiger partial charge < -0.3 is 67.8 Å². The number of aromatic nitrogens is 2. The molecule has 5 amide bonds. The van der Waals surface area contributed by atoms with Crippen molar-refractivity contribution in [3.8, 4) is 39.6 Å². The third kappa shape index (κ3) is 16.2. The molecule has 1 atom stereocenters. The van der Waals surface area contributed by atoms with Crippen LogP contribution in [-0.2, 0) is 58.9 Å². The highest BCUT2D eigenvalue weighted by atomic mass is 35.5. The van der Waals surface area contributed by atoms with Crippen molar-refractivity contribution in [3.63, 3.8) is 0 Å². The van der Waals surface area contributed by atoms with E-state index < -0.39 is 40.6 Å². The van der Waals surface area contributed by atoms with E-state index in [2.05, 4.69) is 10.6 Å². The zero-order valence-corrected chi connectivity index (χ0v) is 50.0. The molecule has 1 aromatic heterocycles. The smallest absolute Gasteiger partial charge is 0.410 e. The van der Waals surface area contributed by atoms with Crippen molar-refractivity contribution in [2.24, 2.45) is 0 Å². The molecule has 3 aromatic carbocycles. The SMILES string of the molecule is COCCOCCOCCOCCOCCOCCC(=O)N[C@H](CC(=O)N1CC2(CCCN2C(=O)OC(C)(C)C)C1)C(=O)Nc1cccc(-c2cc3c(cc2OC)OCc2c(C(=O)N4CCOCC4(C)C)nn(-c4cc(Cl)cc(Cl)c4)c2-3)c1. The zero-order chi connectivity index (χ0) is 59.3. The van der Waals surface area contributed by atoms with Gasteiger partial charge in [-0.1, -0.05) is 35.3 Å². The number of fused-ring (bicyclic) bond motifs is 3. The van der Waals surface area contributed by atoms with Gasteiger partial charge in [0.1, 0.15) is 29.7 Å². The molecule has 0 saturated carbocycles. The number of nitrogens with one attached hydrogen (secondary N) is 2. The molecule has 3 fully saturated rings. The van der Waals surface area contributed by atoms with Gasteiger partial charge in [0.15, 0.2) is 5.69 Å². The Morgan fingerprint density at radius 3 is 2.06 bits per heavy atom. The van der Waals surface area contributed by atoms with E-state index in [-0.39, 0.29) is 69.9 Å². The van der Waals surface area contributed by atoms with E-state index in [1.54, 1.807) is 69.0 Å². The van der Waals surface area contributed by atoms with Crippen LogP contribution in [0.2, 0.25) is 10.0 Å². The molecule has 5 heterocycles. The molecule has 4 aliphatic rings. The Balaban J connectivity index is 0.958. The number of rotatable bonds is 27. The summed E-state index contributed by atoms with van der Waals surface area (Å²) in [6.45, 7) is 15.6. The van der Waals surface area contributed by atoms with Crippen molar-refractivity contribution >= 4 is 58.6 Å². The van der Waals surface area contributed by atoms with E-state index in [4.69, 9.17) is 75.7 Å². The average Bonchev–Trinajstić information content (AvgIpc) is 2.11. The van der Waals surface area contributed by atoms with Gasteiger partial charge in [-0.2, -0.15) is 5.10 Å². The number of carbonyl (C=O) groups excluding carboxylic acids is 5. The van der Waals surface area contributed by atoms with Crippen molar-refractivity contribution in [3.05, 3.63) is 75.9 Å². The van der Waals surface area contributed by atoms with Crippen LogP contribution in [0.25, 0.3) is 28.1 Å². The molecule has 4 aliphatic heterocycles. The number of anilines is 1. The Morgan fingerprint density at radius 1 is 0.783 bits per heavy atom. The standard InChI is InChI=1S/C59H77Cl2N7O15/c1-57(2,3)83-56(73)67-14-9-13-59(67)36-65(37-59)51(70)33-47(63-50(69)12-16-76-20-21-78-24-25-80-27-26-79-23-22-77-19-18-74-6)54(71)62-42-11-8-10-39(28-42)44-32-45-49(34-48(44)75-7)82-35-46-52(55(72)66-15-17-81-38-58(66,4)5)64-68(53(45)46)43-30-40(60)29-41(61)31-43/h8,10-11,28-32,34,47H,9,12-27,33,35-38H2,1-7H3,(H,62,71)(H,63,69)/t47-/m1/s1. The lowest BCUT2D eigenvalue weighted by Crippen LogP contribution is -2.70. The molecule has 1 spiro atoms. The van der Waals surface area contributed by atoms with Gasteiger partial charge in [-0.15, -0.1) is 0 Å². The van der Waals surface area contributed by atoms with E-state index in [0.29, 0.717) is 146 Å². The lowest BCUT2D eigenvalue weighted by molar-refractivity contribution is -0.145. The predicted octanol–water partition coefficient (Wildman–Crippen LogP) is 7.21. The third-order valence-electron chi connectivity index (χ3n) is 14.5. The number of halogens is 2. The van der Waals surface area contributed by atoms with Gasteiger partial charge in [0, 0.05) is 78.2 Å². The molecular formula is C59H77Cl2N7O15. The topological polar surface area (TPSA) is 229 Å². The molecule has 0 unspecified atom stereocenters. The van der Waals surface area contributed by atoms with Crippen molar-refractivity contribution < 1.29 is 71.3 Å². The number of amides is 5. The highest BCUT2D eigenvalue weighted by Gasteiger charge is 2.54. The van der Waals surface area contributed by atoms with Crippen LogP contribution in [0, 0.1) is 0 Å². The molecule has 452 valence electrons. The summed E-state index contributed by atoms with van der Waals surface area (Å²) in [7, 11) is 3.16. The Bertz CT molecular complexity index is 2910. The maximum Gasteiger partial charge on any atom is 0.410 e. The van der Waals surface area contributed by atoms with Gasteiger partial charge in [0.2, 0.25) is 17.7 Å². The number of hydrogen-bond acceptors (Lipinski definition) is 16. The van der Waals surface area contributed by atoms with Gasteiger partial charge in [0.25, 0.3) is 5.91 Å². The summed E-state index contributed by atoms with van der Waals surface area (Å²) in [6.07, 6.45) is 0.580. The van der Waals surface area contributed by atoms with Crippen LogP contribution in [0.5, 0.6) is 11.5 Å². The molecule has 4 aromatic rings. The summed E-state index contributed by atoms with van der Waals surface area (Å²) in [6, 6.07) is 14.5. The Hall–Kier alpha value is -6.08. The van der Waals surface area contributed by atoms with Gasteiger partial charge in [0.05, 0.1) is 122 Å². The van der Waals surface area contributed by atoms with Gasteiger partial charge in [-0.3, -0.25) is 24.1 Å². The largest absolute Gasteiger partial charge is 0.496 e. The first-order valence-electron chi connectivity index (χ1n) is 28.0. The summed E-state index contributed by atoms with van der Waals surface area (Å²) < 4.78 is 58.0. The first-order chi connectivity index (χ1) is 39.8. The zero-order valence-electron chi connectivity index (χ0n) is 48.4. The highest BCUT2D eigenvalue weighted by Crippen LogP contribution is 2.47. The number of benzene rings is 3. The molecule has 0 radical (unpaired) electrons. The second-order valence-electron chi connectivity index (χ2n) is 22.3. The van der Waals surface area contributed by atoms with Crippen LogP contribution >= 0.6 is 23.2 Å². The van der Waals surface area contributed by atoms with Gasteiger partial charge >= 0.3 is 6.09 Å². The van der Waals surface area contributed by atoms with E-state index in [9.17, 15) is 24.0 Å². The second-order valence-corrected chi connectivity index (χ2v) is 23.2. The quantitative estimate of drug-likeness (QED) is 0.0562. The Kier molecular flexibility index (Phi) is 21.7. The second kappa shape index (κ2) is 28.7. The molecule has 24 heteroatoms. The van der Waals surface area contributed by atoms with Crippen LogP contribution < -0.4 is 20.1 Å². The van der Waals surface area contributed by atoms with Gasteiger partial charge in [-0.25, -0.2) is 9.48 Å². The van der Waals surface area contributed by atoms with Crippen molar-refractivity contribution in [2.75, 3.05) is 132 Å². The van der Waals surface area contributed by atoms with Crippen LogP contribution in [-0.4, -0.2) is 203 Å². The number of methoxy groups -OCH3 is 2. The van der Waals surface area contributed by atoms with E-state index >= 15 is 0 Å². The minimum atomic E-state index is -1.29. The normalized spacial score (nSPS) is 16.4. The Labute approximate surface area is 494 Å². The Morgan fingerprint density at radius 2 is 1.43 bits per heavy atom. The maximum absolute atomic E-state index is 14.5. The first kappa shape index (κ1) is 63.0. The summed E-state index contributed by atoms with van der Waals surface area (Å²) in [5.41, 5.74) is 2.19. The molecule has 0 aliphatic carbocycles. The molecule has 0 bridgehead atoms. The first-order valence-corrected chi connectivity index (χ1v) is 28.8. The molecule has 8 rings (SSSR count). The van der Waals surface area contributed by atoms with Crippen LogP contribution in [0.1, 0.15) is 76.4 Å². The van der Waals surface area contributed by atoms with Crippen LogP contribution in [0.4, 0.5) is 10.5 Å². The molecule has 2 N–H and O–H groups in total. The number of nitrogens with zero attached hydrogens (tertiary/aromatic N) is 5. The van der Waals surface area contributed by atoms with Crippen LogP contribution in [0.3, 0.4) is 0 Å². The van der Waals surface area contributed by atoms with E-state index in [1.165, 1.54) is 7.11 Å².